The molecular weight excluding hydrogens is 526 g/mol. The molecule has 1 N–H and O–H groups in total. The van der Waals surface area contributed by atoms with Gasteiger partial charge in [-0.2, -0.15) is 4.98 Å². The summed E-state index contributed by atoms with van der Waals surface area (Å²) in [4.78, 5) is 15.2. The number of anilines is 1. The second-order valence-electron chi connectivity index (χ2n) is 8.32. The first kappa shape index (κ1) is 24.0. The van der Waals surface area contributed by atoms with E-state index >= 15 is 0 Å². The second kappa shape index (κ2) is 10.2. The van der Waals surface area contributed by atoms with E-state index < -0.39 is 11.2 Å². The molecule has 0 saturated carbocycles. The lowest BCUT2D eigenvalue weighted by Gasteiger charge is -2.16. The number of nitro groups is 1. The van der Waals surface area contributed by atoms with Gasteiger partial charge in [0.1, 0.15) is 5.76 Å². The molecule has 188 valence electrons. The number of furan rings is 1. The van der Waals surface area contributed by atoms with Gasteiger partial charge >= 0.3 is 0 Å². The number of ether oxygens (including phenoxy) is 1. The SMILES string of the molecule is O=[N+]([O-])c1ccc(-c2ccc([C@H]3Nc4ccccc4-c4nnc(SCc5ccccc5Cl)nc4O3)o2)cc1. The normalized spacial score (nSPS) is 14.0. The van der Waals surface area contributed by atoms with Crippen LogP contribution in [0.5, 0.6) is 5.88 Å². The second-order valence-corrected chi connectivity index (χ2v) is 9.67. The van der Waals surface area contributed by atoms with Crippen molar-refractivity contribution >= 4 is 34.7 Å². The Morgan fingerprint density at radius 2 is 1.76 bits per heavy atom. The molecular formula is C27H18ClN5O4S. The van der Waals surface area contributed by atoms with E-state index in [9.17, 15) is 10.1 Å². The van der Waals surface area contributed by atoms with Crippen molar-refractivity contribution < 1.29 is 14.1 Å². The van der Waals surface area contributed by atoms with Gasteiger partial charge in [-0.1, -0.05) is 59.8 Å². The summed E-state index contributed by atoms with van der Waals surface area (Å²) in [6.45, 7) is 0. The molecule has 5 aromatic rings. The summed E-state index contributed by atoms with van der Waals surface area (Å²) in [6.07, 6.45) is -0.706. The number of halogens is 1. The monoisotopic (exact) mass is 543 g/mol. The fraction of sp³-hybridized carbons (Fsp3) is 0.0741. The van der Waals surface area contributed by atoms with Crippen molar-refractivity contribution in [3.63, 3.8) is 0 Å². The smallest absolute Gasteiger partial charge is 0.269 e. The summed E-state index contributed by atoms with van der Waals surface area (Å²) in [7, 11) is 0. The number of rotatable bonds is 6. The molecule has 3 heterocycles. The van der Waals surface area contributed by atoms with Crippen molar-refractivity contribution in [2.45, 2.75) is 17.1 Å². The van der Waals surface area contributed by atoms with Crippen LogP contribution in [0.15, 0.2) is 94.5 Å². The van der Waals surface area contributed by atoms with Gasteiger partial charge in [0.2, 0.25) is 17.3 Å². The third kappa shape index (κ3) is 4.79. The Bertz CT molecular complexity index is 1640. The Labute approximate surface area is 226 Å². The number of thioether (sulfide) groups is 1. The van der Waals surface area contributed by atoms with E-state index in [4.69, 9.17) is 20.8 Å². The van der Waals surface area contributed by atoms with Crippen LogP contribution in [-0.2, 0) is 5.75 Å². The van der Waals surface area contributed by atoms with Crippen LogP contribution in [0.25, 0.3) is 22.6 Å². The van der Waals surface area contributed by atoms with Crippen molar-refractivity contribution in [1.29, 1.82) is 0 Å². The fourth-order valence-electron chi connectivity index (χ4n) is 3.99. The maximum absolute atomic E-state index is 11.0. The zero-order valence-corrected chi connectivity index (χ0v) is 21.1. The third-order valence-electron chi connectivity index (χ3n) is 5.90. The van der Waals surface area contributed by atoms with Gasteiger partial charge in [-0.3, -0.25) is 10.1 Å². The molecule has 9 nitrogen and oxygen atoms in total. The zero-order chi connectivity index (χ0) is 26.1. The number of hydrogen-bond donors (Lipinski definition) is 1. The highest BCUT2D eigenvalue weighted by Gasteiger charge is 2.28. The van der Waals surface area contributed by atoms with Crippen LogP contribution in [0.2, 0.25) is 5.02 Å². The minimum Gasteiger partial charge on any atom is -0.455 e. The van der Waals surface area contributed by atoms with Gasteiger partial charge in [0.15, 0.2) is 11.5 Å². The number of nitro benzene ring substituents is 1. The summed E-state index contributed by atoms with van der Waals surface area (Å²) in [6, 6.07) is 25.0. The van der Waals surface area contributed by atoms with Crippen LogP contribution in [-0.4, -0.2) is 20.1 Å². The van der Waals surface area contributed by atoms with Crippen LogP contribution in [0, 0.1) is 10.1 Å². The van der Waals surface area contributed by atoms with Crippen molar-refractivity contribution in [3.05, 3.63) is 111 Å². The van der Waals surface area contributed by atoms with Gasteiger partial charge in [-0.25, -0.2) is 0 Å². The number of para-hydroxylation sites is 1. The molecule has 2 aromatic heterocycles. The summed E-state index contributed by atoms with van der Waals surface area (Å²) in [5.41, 5.74) is 3.79. The molecule has 3 aromatic carbocycles. The molecule has 1 aliphatic heterocycles. The molecule has 0 spiro atoms. The van der Waals surface area contributed by atoms with Crippen molar-refractivity contribution in [3.8, 4) is 28.5 Å². The Morgan fingerprint density at radius 3 is 2.58 bits per heavy atom. The predicted molar refractivity (Wildman–Crippen MR) is 144 cm³/mol. The van der Waals surface area contributed by atoms with Gasteiger partial charge in [-0.05, 0) is 42.0 Å². The van der Waals surface area contributed by atoms with Crippen molar-refractivity contribution in [2.24, 2.45) is 0 Å². The number of fused-ring (bicyclic) bond motifs is 3. The van der Waals surface area contributed by atoms with Crippen LogP contribution in [0.3, 0.4) is 0 Å². The first-order chi connectivity index (χ1) is 18.5. The Morgan fingerprint density at radius 1 is 0.974 bits per heavy atom. The van der Waals surface area contributed by atoms with Gasteiger partial charge < -0.3 is 14.5 Å². The molecule has 0 bridgehead atoms. The minimum atomic E-state index is -0.706. The average Bonchev–Trinajstić information content (AvgIpc) is 3.37. The largest absolute Gasteiger partial charge is 0.455 e. The maximum atomic E-state index is 11.0. The number of hydrogen-bond acceptors (Lipinski definition) is 9. The maximum Gasteiger partial charge on any atom is 0.269 e. The fourth-order valence-corrected chi connectivity index (χ4v) is 5.06. The van der Waals surface area contributed by atoms with Gasteiger partial charge in [0.25, 0.3) is 5.69 Å². The summed E-state index contributed by atoms with van der Waals surface area (Å²) < 4.78 is 12.4. The lowest BCUT2D eigenvalue weighted by atomic mass is 10.1. The van der Waals surface area contributed by atoms with E-state index in [1.54, 1.807) is 24.3 Å². The van der Waals surface area contributed by atoms with E-state index in [1.807, 2.05) is 48.5 Å². The molecule has 0 saturated heterocycles. The van der Waals surface area contributed by atoms with E-state index in [0.29, 0.717) is 44.6 Å². The predicted octanol–water partition coefficient (Wildman–Crippen LogP) is 7.16. The van der Waals surface area contributed by atoms with E-state index in [2.05, 4.69) is 20.5 Å². The van der Waals surface area contributed by atoms with Crippen LogP contribution >= 0.6 is 23.4 Å². The summed E-state index contributed by atoms with van der Waals surface area (Å²) in [5.74, 6) is 1.95. The highest BCUT2D eigenvalue weighted by Crippen LogP contribution is 2.40. The zero-order valence-electron chi connectivity index (χ0n) is 19.6. The Balaban J connectivity index is 1.30. The molecule has 0 amide bonds. The highest BCUT2D eigenvalue weighted by atomic mass is 35.5. The molecule has 1 aliphatic rings. The molecule has 0 unspecified atom stereocenters. The third-order valence-corrected chi connectivity index (χ3v) is 7.15. The molecule has 11 heteroatoms. The topological polar surface area (TPSA) is 116 Å². The number of benzene rings is 3. The number of aromatic nitrogens is 3. The van der Waals surface area contributed by atoms with E-state index in [0.717, 1.165) is 16.8 Å². The first-order valence-corrected chi connectivity index (χ1v) is 12.9. The molecule has 6 rings (SSSR count). The van der Waals surface area contributed by atoms with Crippen molar-refractivity contribution in [1.82, 2.24) is 15.2 Å². The summed E-state index contributed by atoms with van der Waals surface area (Å²) >= 11 is 7.70. The average molecular weight is 544 g/mol. The number of non-ortho nitro benzene ring substituents is 1. The van der Waals surface area contributed by atoms with E-state index in [-0.39, 0.29) is 5.69 Å². The standard InChI is InChI=1S/C27H18ClN5O4S/c28-20-7-3-1-5-17(20)15-38-27-30-26-24(31-32-27)19-6-2-4-8-21(19)29-25(37-26)23-14-13-22(36-23)16-9-11-18(12-10-16)33(34)35/h1-14,25,29H,15H2/t25-/m0/s1. The quantitative estimate of drug-likeness (QED) is 0.135. The Hall–Kier alpha value is -4.41. The number of nitrogens with one attached hydrogen (secondary N) is 1. The molecule has 38 heavy (non-hydrogen) atoms. The molecule has 0 fully saturated rings. The number of nitrogens with zero attached hydrogens (tertiary/aromatic N) is 4. The molecule has 1 atom stereocenters. The van der Waals surface area contributed by atoms with E-state index in [1.165, 1.54) is 23.9 Å². The van der Waals surface area contributed by atoms with Gasteiger partial charge in [0.05, 0.1) is 4.92 Å². The molecule has 0 radical (unpaired) electrons. The highest BCUT2D eigenvalue weighted by molar-refractivity contribution is 7.98. The van der Waals surface area contributed by atoms with Gasteiger partial charge in [0, 0.05) is 39.7 Å². The van der Waals surface area contributed by atoms with Crippen LogP contribution in [0.4, 0.5) is 11.4 Å². The van der Waals surface area contributed by atoms with Crippen LogP contribution in [0.1, 0.15) is 17.6 Å². The first-order valence-electron chi connectivity index (χ1n) is 11.5. The van der Waals surface area contributed by atoms with Crippen LogP contribution < -0.4 is 10.1 Å². The van der Waals surface area contributed by atoms with Gasteiger partial charge in [-0.15, -0.1) is 10.2 Å². The lowest BCUT2D eigenvalue weighted by Crippen LogP contribution is -2.16. The van der Waals surface area contributed by atoms with Crippen molar-refractivity contribution in [2.75, 3.05) is 5.32 Å². The lowest BCUT2D eigenvalue weighted by molar-refractivity contribution is -0.384. The Kier molecular flexibility index (Phi) is 6.40. The summed E-state index contributed by atoms with van der Waals surface area (Å²) in [5, 5.41) is 24.2. The molecule has 0 aliphatic carbocycles. The minimum absolute atomic E-state index is 0.0119.